The van der Waals surface area contributed by atoms with E-state index in [0.29, 0.717) is 11.4 Å². The summed E-state index contributed by atoms with van der Waals surface area (Å²) in [5.74, 6) is -0.872. The van der Waals surface area contributed by atoms with E-state index >= 15 is 0 Å². The topological polar surface area (TPSA) is 50.2 Å². The molecule has 0 atom stereocenters. The van der Waals surface area contributed by atoms with Crippen LogP contribution in [0.25, 0.3) is 6.08 Å². The first-order chi connectivity index (χ1) is 5.72. The number of carbonyl (C=O) groups is 1. The summed E-state index contributed by atoms with van der Waals surface area (Å²) in [6, 6.07) is 5.22. The van der Waals surface area contributed by atoms with Crippen LogP contribution in [0.4, 0.5) is 0 Å². The van der Waals surface area contributed by atoms with Crippen LogP contribution < -0.4 is 0 Å². The van der Waals surface area contributed by atoms with E-state index in [1.807, 2.05) is 0 Å². The molecule has 3 heteroatoms. The number of rotatable bonds is 3. The SMILES string of the molecule is C=Cc1cccc(CC(=O)O)n1. The second-order valence-electron chi connectivity index (χ2n) is 2.33. The lowest BCUT2D eigenvalue weighted by Crippen LogP contribution is -2.02. The number of hydrogen-bond acceptors (Lipinski definition) is 2. The summed E-state index contributed by atoms with van der Waals surface area (Å²) in [7, 11) is 0. The molecule has 1 N–H and O–H groups in total. The van der Waals surface area contributed by atoms with Crippen LogP contribution in [0.1, 0.15) is 11.4 Å². The van der Waals surface area contributed by atoms with Crippen LogP contribution in [0.3, 0.4) is 0 Å². The van der Waals surface area contributed by atoms with Gasteiger partial charge >= 0.3 is 5.97 Å². The number of nitrogens with zero attached hydrogens (tertiary/aromatic N) is 1. The van der Waals surface area contributed by atoms with Gasteiger partial charge in [0, 0.05) is 0 Å². The molecule has 0 fully saturated rings. The second-order valence-corrected chi connectivity index (χ2v) is 2.33. The van der Waals surface area contributed by atoms with E-state index in [4.69, 9.17) is 5.11 Å². The minimum atomic E-state index is -0.872. The van der Waals surface area contributed by atoms with Crippen LogP contribution in [-0.4, -0.2) is 16.1 Å². The van der Waals surface area contributed by atoms with Crippen molar-refractivity contribution < 1.29 is 9.90 Å². The fraction of sp³-hybridized carbons (Fsp3) is 0.111. The lowest BCUT2D eigenvalue weighted by Gasteiger charge is -1.96. The normalized spacial score (nSPS) is 9.33. The van der Waals surface area contributed by atoms with Crippen molar-refractivity contribution in [3.8, 4) is 0 Å². The van der Waals surface area contributed by atoms with Crippen LogP contribution in [-0.2, 0) is 11.2 Å². The highest BCUT2D eigenvalue weighted by molar-refractivity contribution is 5.69. The first kappa shape index (κ1) is 8.46. The fourth-order valence-electron chi connectivity index (χ4n) is 0.865. The number of carboxylic acid groups (broad SMARTS) is 1. The van der Waals surface area contributed by atoms with Gasteiger partial charge in [0.15, 0.2) is 0 Å². The molecule has 0 saturated carbocycles. The number of aromatic nitrogens is 1. The van der Waals surface area contributed by atoms with Crippen molar-refractivity contribution >= 4 is 12.0 Å². The first-order valence-corrected chi connectivity index (χ1v) is 3.52. The molecule has 1 aromatic heterocycles. The van der Waals surface area contributed by atoms with Gasteiger partial charge in [-0.2, -0.15) is 0 Å². The van der Waals surface area contributed by atoms with E-state index in [0.717, 1.165) is 0 Å². The van der Waals surface area contributed by atoms with Crippen molar-refractivity contribution in [2.24, 2.45) is 0 Å². The predicted molar refractivity (Wildman–Crippen MR) is 45.7 cm³/mol. The number of pyridine rings is 1. The largest absolute Gasteiger partial charge is 0.481 e. The summed E-state index contributed by atoms with van der Waals surface area (Å²) in [5.41, 5.74) is 1.26. The van der Waals surface area contributed by atoms with Gasteiger partial charge in [0.1, 0.15) is 0 Å². The van der Waals surface area contributed by atoms with Crippen LogP contribution in [0, 0.1) is 0 Å². The molecular formula is C9H9NO2. The monoisotopic (exact) mass is 163 g/mol. The minimum absolute atomic E-state index is 0.0400. The van der Waals surface area contributed by atoms with Crippen molar-refractivity contribution in [1.29, 1.82) is 0 Å². The van der Waals surface area contributed by atoms with E-state index in [2.05, 4.69) is 11.6 Å². The smallest absolute Gasteiger partial charge is 0.309 e. The molecule has 0 spiro atoms. The third kappa shape index (κ3) is 2.20. The second kappa shape index (κ2) is 3.67. The summed E-state index contributed by atoms with van der Waals surface area (Å²) in [5, 5.41) is 8.46. The van der Waals surface area contributed by atoms with Gasteiger partial charge in [-0.25, -0.2) is 0 Å². The zero-order valence-electron chi connectivity index (χ0n) is 6.53. The molecule has 0 aliphatic heterocycles. The van der Waals surface area contributed by atoms with Gasteiger partial charge in [0.2, 0.25) is 0 Å². The number of hydrogen-bond donors (Lipinski definition) is 1. The number of aliphatic carboxylic acids is 1. The van der Waals surface area contributed by atoms with E-state index in [-0.39, 0.29) is 6.42 Å². The zero-order chi connectivity index (χ0) is 8.97. The fourth-order valence-corrected chi connectivity index (χ4v) is 0.865. The van der Waals surface area contributed by atoms with E-state index in [9.17, 15) is 4.79 Å². The third-order valence-electron chi connectivity index (χ3n) is 1.37. The maximum Gasteiger partial charge on any atom is 0.309 e. The Morgan fingerprint density at radius 2 is 2.42 bits per heavy atom. The molecule has 1 heterocycles. The maximum atomic E-state index is 10.3. The summed E-state index contributed by atoms with van der Waals surface area (Å²) >= 11 is 0. The van der Waals surface area contributed by atoms with Crippen molar-refractivity contribution in [2.45, 2.75) is 6.42 Å². The molecule has 0 bridgehead atoms. The minimum Gasteiger partial charge on any atom is -0.481 e. The summed E-state index contributed by atoms with van der Waals surface area (Å²) in [4.78, 5) is 14.3. The van der Waals surface area contributed by atoms with E-state index in [1.165, 1.54) is 0 Å². The van der Waals surface area contributed by atoms with Gasteiger partial charge in [-0.15, -0.1) is 0 Å². The Balaban J connectivity index is 2.86. The van der Waals surface area contributed by atoms with Gasteiger partial charge in [0.25, 0.3) is 0 Å². The van der Waals surface area contributed by atoms with E-state index < -0.39 is 5.97 Å². The van der Waals surface area contributed by atoms with Crippen LogP contribution in [0.5, 0.6) is 0 Å². The maximum absolute atomic E-state index is 10.3. The van der Waals surface area contributed by atoms with Crippen molar-refractivity contribution in [1.82, 2.24) is 4.98 Å². The highest BCUT2D eigenvalue weighted by atomic mass is 16.4. The molecule has 0 aliphatic carbocycles. The summed E-state index contributed by atoms with van der Waals surface area (Å²) in [6.45, 7) is 3.54. The Morgan fingerprint density at radius 3 is 3.00 bits per heavy atom. The van der Waals surface area contributed by atoms with Crippen LogP contribution in [0.15, 0.2) is 24.8 Å². The quantitative estimate of drug-likeness (QED) is 0.731. The Morgan fingerprint density at radius 1 is 1.67 bits per heavy atom. The van der Waals surface area contributed by atoms with Crippen molar-refractivity contribution in [2.75, 3.05) is 0 Å². The molecular weight excluding hydrogens is 154 g/mol. The zero-order valence-corrected chi connectivity index (χ0v) is 6.53. The lowest BCUT2D eigenvalue weighted by atomic mass is 10.2. The highest BCUT2D eigenvalue weighted by Gasteiger charge is 2.00. The molecule has 0 radical (unpaired) electrons. The Labute approximate surface area is 70.4 Å². The van der Waals surface area contributed by atoms with Crippen molar-refractivity contribution in [3.63, 3.8) is 0 Å². The Bertz CT molecular complexity index is 307. The van der Waals surface area contributed by atoms with Gasteiger partial charge in [-0.05, 0) is 18.2 Å². The highest BCUT2D eigenvalue weighted by Crippen LogP contribution is 2.01. The molecule has 0 aromatic carbocycles. The van der Waals surface area contributed by atoms with Gasteiger partial charge in [-0.3, -0.25) is 9.78 Å². The lowest BCUT2D eigenvalue weighted by molar-refractivity contribution is -0.136. The van der Waals surface area contributed by atoms with Crippen LogP contribution in [0.2, 0.25) is 0 Å². The van der Waals surface area contributed by atoms with Gasteiger partial charge < -0.3 is 5.11 Å². The standard InChI is InChI=1S/C9H9NO2/c1-2-7-4-3-5-8(10-7)6-9(11)12/h2-5H,1,6H2,(H,11,12). The average molecular weight is 163 g/mol. The van der Waals surface area contributed by atoms with E-state index in [1.54, 1.807) is 24.3 Å². The molecule has 1 rings (SSSR count). The van der Waals surface area contributed by atoms with Gasteiger partial charge in [0.05, 0.1) is 17.8 Å². The summed E-state index contributed by atoms with van der Waals surface area (Å²) < 4.78 is 0. The first-order valence-electron chi connectivity index (χ1n) is 3.52. The van der Waals surface area contributed by atoms with Crippen molar-refractivity contribution in [3.05, 3.63) is 36.2 Å². The molecule has 0 aliphatic rings. The summed E-state index contributed by atoms with van der Waals surface area (Å²) in [6.07, 6.45) is 1.55. The predicted octanol–water partition coefficient (Wildman–Crippen LogP) is 1.35. The molecule has 0 saturated heterocycles. The third-order valence-corrected chi connectivity index (χ3v) is 1.37. The van der Waals surface area contributed by atoms with Gasteiger partial charge in [-0.1, -0.05) is 12.6 Å². The van der Waals surface area contributed by atoms with Crippen LogP contribution >= 0.6 is 0 Å². The Kier molecular flexibility index (Phi) is 2.58. The molecule has 62 valence electrons. The average Bonchev–Trinajstić information content (AvgIpc) is 2.03. The molecule has 0 unspecified atom stereocenters. The molecule has 1 aromatic rings. The Hall–Kier alpha value is -1.64. The molecule has 0 amide bonds. The number of carboxylic acids is 1. The molecule has 12 heavy (non-hydrogen) atoms. The molecule has 3 nitrogen and oxygen atoms in total.